The van der Waals surface area contributed by atoms with E-state index in [0.717, 1.165) is 27.3 Å². The second-order valence-electron chi connectivity index (χ2n) is 6.35. The molecule has 7 heteroatoms. The van der Waals surface area contributed by atoms with Gasteiger partial charge in [0.2, 0.25) is 10.8 Å². The maximum absolute atomic E-state index is 5.96. The van der Waals surface area contributed by atoms with Crippen molar-refractivity contribution >= 4 is 27.3 Å². The molecule has 0 fully saturated rings. The molecular formula is C20H16N4O2S. The molecule has 0 radical (unpaired) electrons. The van der Waals surface area contributed by atoms with Gasteiger partial charge in [-0.15, -0.1) is 10.2 Å². The van der Waals surface area contributed by atoms with Crippen molar-refractivity contribution in [1.82, 2.24) is 19.8 Å². The fourth-order valence-corrected chi connectivity index (χ4v) is 3.73. The van der Waals surface area contributed by atoms with Gasteiger partial charge in [-0.05, 0) is 43.2 Å². The van der Waals surface area contributed by atoms with Crippen molar-refractivity contribution in [3.63, 3.8) is 0 Å². The molecule has 3 heterocycles. The number of fused-ring (bicyclic) bond motifs is 2. The number of benzene rings is 2. The van der Waals surface area contributed by atoms with Crippen LogP contribution in [0.5, 0.6) is 5.75 Å². The quantitative estimate of drug-likeness (QED) is 0.451. The predicted octanol–water partition coefficient (Wildman–Crippen LogP) is 4.79. The zero-order valence-electron chi connectivity index (χ0n) is 14.8. The Bertz CT molecular complexity index is 1230. The summed E-state index contributed by atoms with van der Waals surface area (Å²) in [6.07, 6.45) is 0. The fourth-order valence-electron chi connectivity index (χ4n) is 2.98. The minimum absolute atomic E-state index is 0.387. The third-order valence-electron chi connectivity index (χ3n) is 4.58. The Labute approximate surface area is 159 Å². The highest BCUT2D eigenvalue weighted by molar-refractivity contribution is 7.16. The van der Waals surface area contributed by atoms with Crippen LogP contribution >= 0.6 is 11.3 Å². The second kappa shape index (κ2) is 6.21. The Morgan fingerprint density at radius 2 is 1.96 bits per heavy atom. The van der Waals surface area contributed by atoms with E-state index in [2.05, 4.69) is 35.2 Å². The predicted molar refractivity (Wildman–Crippen MR) is 104 cm³/mol. The van der Waals surface area contributed by atoms with Crippen LogP contribution in [-0.2, 0) is 6.61 Å². The Kier molecular flexibility index (Phi) is 3.68. The standard InChI is InChI=1S/C20H16N4O2S/c1-12-6-5-9-15(13(12)2)25-11-18-23-24-19(21-22-20(24)27-18)17-10-14-7-3-4-8-16(14)26-17/h3-10H,11H2,1-2H3. The number of rotatable bonds is 4. The molecule has 134 valence electrons. The average Bonchev–Trinajstić information content (AvgIpc) is 3.35. The normalized spacial score (nSPS) is 11.5. The highest BCUT2D eigenvalue weighted by atomic mass is 32.1. The van der Waals surface area contributed by atoms with Gasteiger partial charge in [0.15, 0.2) is 10.8 Å². The van der Waals surface area contributed by atoms with Crippen LogP contribution in [0.25, 0.3) is 27.5 Å². The van der Waals surface area contributed by atoms with Gasteiger partial charge < -0.3 is 9.15 Å². The molecule has 0 aliphatic rings. The van der Waals surface area contributed by atoms with Crippen LogP contribution in [0.1, 0.15) is 16.1 Å². The zero-order valence-corrected chi connectivity index (χ0v) is 15.7. The summed E-state index contributed by atoms with van der Waals surface area (Å²) in [7, 11) is 0. The van der Waals surface area contributed by atoms with Gasteiger partial charge in [0, 0.05) is 5.39 Å². The lowest BCUT2D eigenvalue weighted by Crippen LogP contribution is -1.99. The number of hydrogen-bond acceptors (Lipinski definition) is 6. The molecule has 6 nitrogen and oxygen atoms in total. The van der Waals surface area contributed by atoms with E-state index in [-0.39, 0.29) is 0 Å². The van der Waals surface area contributed by atoms with E-state index in [1.807, 2.05) is 42.5 Å². The highest BCUT2D eigenvalue weighted by Gasteiger charge is 2.17. The number of nitrogens with zero attached hydrogens (tertiary/aromatic N) is 4. The summed E-state index contributed by atoms with van der Waals surface area (Å²) in [4.78, 5) is 0.713. The molecule has 5 aromatic rings. The number of para-hydroxylation sites is 1. The van der Waals surface area contributed by atoms with Crippen molar-refractivity contribution in [1.29, 1.82) is 0 Å². The smallest absolute Gasteiger partial charge is 0.235 e. The van der Waals surface area contributed by atoms with Crippen LogP contribution in [0, 0.1) is 13.8 Å². The lowest BCUT2D eigenvalue weighted by Gasteiger charge is -2.09. The molecule has 0 unspecified atom stereocenters. The van der Waals surface area contributed by atoms with E-state index >= 15 is 0 Å². The molecule has 0 bridgehead atoms. The van der Waals surface area contributed by atoms with Crippen LogP contribution in [-0.4, -0.2) is 19.8 Å². The summed E-state index contributed by atoms with van der Waals surface area (Å²) < 4.78 is 13.6. The first kappa shape index (κ1) is 16.0. The van der Waals surface area contributed by atoms with Crippen molar-refractivity contribution in [2.24, 2.45) is 0 Å². The minimum atomic E-state index is 0.387. The number of hydrogen-bond donors (Lipinski definition) is 0. The van der Waals surface area contributed by atoms with Gasteiger partial charge in [-0.25, -0.2) is 0 Å². The molecular weight excluding hydrogens is 360 g/mol. The van der Waals surface area contributed by atoms with Crippen LogP contribution in [0.2, 0.25) is 0 Å². The Hall–Kier alpha value is -3.19. The van der Waals surface area contributed by atoms with Crippen molar-refractivity contribution in [2.45, 2.75) is 20.5 Å². The summed E-state index contributed by atoms with van der Waals surface area (Å²) in [5.74, 6) is 2.12. The molecule has 5 rings (SSSR count). The van der Waals surface area contributed by atoms with Gasteiger partial charge in [0.05, 0.1) is 0 Å². The number of ether oxygens (including phenoxy) is 1. The highest BCUT2D eigenvalue weighted by Crippen LogP contribution is 2.28. The molecule has 0 saturated carbocycles. The van der Waals surface area contributed by atoms with Gasteiger partial charge in [-0.1, -0.05) is 41.7 Å². The Balaban J connectivity index is 1.45. The van der Waals surface area contributed by atoms with Crippen molar-refractivity contribution < 1.29 is 9.15 Å². The van der Waals surface area contributed by atoms with Crippen LogP contribution in [0.4, 0.5) is 0 Å². The van der Waals surface area contributed by atoms with Gasteiger partial charge in [-0.2, -0.15) is 9.61 Å². The molecule has 0 saturated heterocycles. The number of aromatic nitrogens is 4. The molecule has 0 atom stereocenters. The van der Waals surface area contributed by atoms with E-state index in [9.17, 15) is 0 Å². The Morgan fingerprint density at radius 1 is 1.07 bits per heavy atom. The van der Waals surface area contributed by atoms with E-state index in [1.165, 1.54) is 16.9 Å². The van der Waals surface area contributed by atoms with Gasteiger partial charge in [0.1, 0.15) is 17.9 Å². The van der Waals surface area contributed by atoms with E-state index < -0.39 is 0 Å². The first-order valence-corrected chi connectivity index (χ1v) is 9.40. The first-order valence-electron chi connectivity index (χ1n) is 8.58. The molecule has 0 aliphatic carbocycles. The monoisotopic (exact) mass is 376 g/mol. The molecule has 0 spiro atoms. The van der Waals surface area contributed by atoms with Crippen molar-refractivity contribution in [3.8, 4) is 17.3 Å². The van der Waals surface area contributed by atoms with Crippen LogP contribution < -0.4 is 4.74 Å². The first-order chi connectivity index (χ1) is 13.2. The minimum Gasteiger partial charge on any atom is -0.486 e. The molecule has 0 N–H and O–H groups in total. The maximum atomic E-state index is 5.96. The van der Waals surface area contributed by atoms with Crippen molar-refractivity contribution in [2.75, 3.05) is 0 Å². The topological polar surface area (TPSA) is 65.5 Å². The fraction of sp³-hybridized carbons (Fsp3) is 0.150. The summed E-state index contributed by atoms with van der Waals surface area (Å²) in [5, 5.41) is 14.9. The lowest BCUT2D eigenvalue weighted by molar-refractivity contribution is 0.302. The van der Waals surface area contributed by atoms with E-state index in [1.54, 1.807) is 4.52 Å². The van der Waals surface area contributed by atoms with Gasteiger partial charge in [-0.3, -0.25) is 0 Å². The lowest BCUT2D eigenvalue weighted by atomic mass is 10.1. The molecule has 27 heavy (non-hydrogen) atoms. The van der Waals surface area contributed by atoms with Gasteiger partial charge >= 0.3 is 0 Å². The summed E-state index contributed by atoms with van der Waals surface area (Å²) in [6.45, 7) is 4.52. The molecule has 2 aromatic carbocycles. The number of furan rings is 1. The third-order valence-corrected chi connectivity index (χ3v) is 5.46. The summed E-state index contributed by atoms with van der Waals surface area (Å²) in [5.41, 5.74) is 3.17. The van der Waals surface area contributed by atoms with Crippen LogP contribution in [0.15, 0.2) is 52.9 Å². The average molecular weight is 376 g/mol. The maximum Gasteiger partial charge on any atom is 0.235 e. The van der Waals surface area contributed by atoms with Gasteiger partial charge in [0.25, 0.3) is 0 Å². The molecule has 0 amide bonds. The molecule has 0 aliphatic heterocycles. The molecule has 3 aromatic heterocycles. The SMILES string of the molecule is Cc1cccc(OCc2nn3c(-c4cc5ccccc5o4)nnc3s2)c1C. The van der Waals surface area contributed by atoms with Crippen molar-refractivity contribution in [3.05, 3.63) is 64.7 Å². The zero-order chi connectivity index (χ0) is 18.4. The largest absolute Gasteiger partial charge is 0.486 e. The summed E-state index contributed by atoms with van der Waals surface area (Å²) >= 11 is 1.46. The van der Waals surface area contributed by atoms with E-state index in [4.69, 9.17) is 9.15 Å². The number of aryl methyl sites for hydroxylation is 1. The Morgan fingerprint density at radius 3 is 2.85 bits per heavy atom. The third kappa shape index (κ3) is 2.76. The summed E-state index contributed by atoms with van der Waals surface area (Å²) in [6, 6.07) is 15.9. The van der Waals surface area contributed by atoms with Crippen LogP contribution in [0.3, 0.4) is 0 Å². The second-order valence-corrected chi connectivity index (χ2v) is 7.39. The van der Waals surface area contributed by atoms with E-state index in [0.29, 0.717) is 23.2 Å².